The average Bonchev–Trinajstić information content (AvgIpc) is 2.86. The van der Waals surface area contributed by atoms with E-state index in [4.69, 9.17) is 0 Å². The molecular formula is C15H26N4O. The van der Waals surface area contributed by atoms with E-state index in [0.717, 1.165) is 44.1 Å². The Kier molecular flexibility index (Phi) is 5.17. The lowest BCUT2D eigenvalue weighted by Gasteiger charge is -2.29. The van der Waals surface area contributed by atoms with Crippen molar-refractivity contribution in [1.82, 2.24) is 20.0 Å². The second-order valence-electron chi connectivity index (χ2n) is 5.54. The number of hydrogen-bond donors (Lipinski definition) is 1. The molecule has 1 saturated heterocycles. The van der Waals surface area contributed by atoms with E-state index in [0.29, 0.717) is 5.92 Å². The zero-order valence-electron chi connectivity index (χ0n) is 12.9. The number of carbonyl (C=O) groups excluding carboxylic acids is 1. The van der Waals surface area contributed by atoms with E-state index in [9.17, 15) is 4.79 Å². The molecule has 1 aromatic heterocycles. The number of carbonyl (C=O) groups is 1. The summed E-state index contributed by atoms with van der Waals surface area (Å²) in [6.45, 7) is 10.5. The van der Waals surface area contributed by atoms with Gasteiger partial charge in [-0.2, -0.15) is 5.10 Å². The van der Waals surface area contributed by atoms with Gasteiger partial charge in [0.05, 0.1) is 5.69 Å². The third-order valence-electron chi connectivity index (χ3n) is 3.97. The second kappa shape index (κ2) is 6.88. The Labute approximate surface area is 121 Å². The van der Waals surface area contributed by atoms with Gasteiger partial charge in [0, 0.05) is 19.6 Å². The minimum atomic E-state index is 0.112. The molecule has 1 aliphatic rings. The molecule has 0 spiro atoms. The number of aryl methyl sites for hydroxylation is 2. The van der Waals surface area contributed by atoms with Crippen LogP contribution < -0.4 is 5.32 Å². The van der Waals surface area contributed by atoms with Crippen LogP contribution >= 0.6 is 0 Å². The maximum atomic E-state index is 12.7. The normalized spacial score (nSPS) is 19.1. The predicted molar refractivity (Wildman–Crippen MR) is 79.8 cm³/mol. The van der Waals surface area contributed by atoms with E-state index in [-0.39, 0.29) is 5.91 Å². The molecule has 0 saturated carbocycles. The summed E-state index contributed by atoms with van der Waals surface area (Å²) in [6, 6.07) is 1.90. The van der Waals surface area contributed by atoms with Gasteiger partial charge in [-0.05, 0) is 58.7 Å². The van der Waals surface area contributed by atoms with Crippen LogP contribution in [0.1, 0.15) is 42.9 Å². The monoisotopic (exact) mass is 278 g/mol. The molecule has 2 heterocycles. The van der Waals surface area contributed by atoms with E-state index in [1.54, 1.807) is 4.68 Å². The summed E-state index contributed by atoms with van der Waals surface area (Å²) in [6.07, 6.45) is 2.42. The first-order valence-electron chi connectivity index (χ1n) is 7.70. The Balaban J connectivity index is 2.07. The standard InChI is InChI=1S/C15H26N4O/c1-4-18(11-13-7-6-8-16-10-13)15(20)14-9-12(3)17-19(14)5-2/h9,13,16H,4-8,10-11H2,1-3H3. The molecule has 20 heavy (non-hydrogen) atoms. The number of piperidine rings is 1. The zero-order valence-corrected chi connectivity index (χ0v) is 12.9. The fourth-order valence-corrected chi connectivity index (χ4v) is 2.87. The Morgan fingerprint density at radius 2 is 2.35 bits per heavy atom. The Hall–Kier alpha value is -1.36. The first kappa shape index (κ1) is 15.0. The van der Waals surface area contributed by atoms with Crippen LogP contribution in [0, 0.1) is 12.8 Å². The molecule has 0 aromatic carbocycles. The minimum absolute atomic E-state index is 0.112. The first-order chi connectivity index (χ1) is 9.65. The number of hydrogen-bond acceptors (Lipinski definition) is 3. The summed E-state index contributed by atoms with van der Waals surface area (Å²) in [4.78, 5) is 14.6. The predicted octanol–water partition coefficient (Wildman–Crippen LogP) is 1.67. The lowest BCUT2D eigenvalue weighted by atomic mass is 9.99. The third kappa shape index (κ3) is 3.39. The van der Waals surface area contributed by atoms with Crippen molar-refractivity contribution in [3.05, 3.63) is 17.5 Å². The molecule has 112 valence electrons. The van der Waals surface area contributed by atoms with Crippen LogP contribution in [-0.4, -0.2) is 46.8 Å². The van der Waals surface area contributed by atoms with Crippen molar-refractivity contribution in [3.8, 4) is 0 Å². The molecule has 1 atom stereocenters. The van der Waals surface area contributed by atoms with Crippen molar-refractivity contribution in [2.24, 2.45) is 5.92 Å². The number of amides is 1. The summed E-state index contributed by atoms with van der Waals surface area (Å²) in [5.74, 6) is 0.687. The smallest absolute Gasteiger partial charge is 0.272 e. The van der Waals surface area contributed by atoms with Gasteiger partial charge >= 0.3 is 0 Å². The molecule has 5 heteroatoms. The highest BCUT2D eigenvalue weighted by atomic mass is 16.2. The highest BCUT2D eigenvalue weighted by molar-refractivity contribution is 5.92. The van der Waals surface area contributed by atoms with Gasteiger partial charge in [-0.3, -0.25) is 9.48 Å². The first-order valence-corrected chi connectivity index (χ1v) is 7.70. The van der Waals surface area contributed by atoms with Gasteiger partial charge in [-0.15, -0.1) is 0 Å². The van der Waals surface area contributed by atoms with Crippen molar-refractivity contribution in [2.45, 2.75) is 40.2 Å². The Bertz CT molecular complexity index is 449. The van der Waals surface area contributed by atoms with Crippen LogP contribution in [0.5, 0.6) is 0 Å². The van der Waals surface area contributed by atoms with E-state index in [1.807, 2.05) is 31.7 Å². The summed E-state index contributed by atoms with van der Waals surface area (Å²) in [7, 11) is 0. The Morgan fingerprint density at radius 1 is 1.55 bits per heavy atom. The topological polar surface area (TPSA) is 50.2 Å². The summed E-state index contributed by atoms with van der Waals surface area (Å²) in [5, 5.41) is 7.78. The molecule has 0 radical (unpaired) electrons. The van der Waals surface area contributed by atoms with Gasteiger partial charge in [-0.25, -0.2) is 0 Å². The zero-order chi connectivity index (χ0) is 14.5. The van der Waals surface area contributed by atoms with Crippen LogP contribution in [0.4, 0.5) is 0 Å². The van der Waals surface area contributed by atoms with Crippen LogP contribution in [0.3, 0.4) is 0 Å². The van der Waals surface area contributed by atoms with Crippen LogP contribution in [0.25, 0.3) is 0 Å². The number of nitrogens with zero attached hydrogens (tertiary/aromatic N) is 3. The average molecular weight is 278 g/mol. The lowest BCUT2D eigenvalue weighted by Crippen LogP contribution is -2.41. The number of nitrogens with one attached hydrogen (secondary N) is 1. The lowest BCUT2D eigenvalue weighted by molar-refractivity contribution is 0.0716. The minimum Gasteiger partial charge on any atom is -0.337 e. The Morgan fingerprint density at radius 3 is 2.95 bits per heavy atom. The van der Waals surface area contributed by atoms with Gasteiger partial charge in [0.25, 0.3) is 5.91 Å². The molecule has 1 fully saturated rings. The molecule has 1 amide bonds. The highest BCUT2D eigenvalue weighted by Gasteiger charge is 2.23. The van der Waals surface area contributed by atoms with Crippen LogP contribution in [-0.2, 0) is 6.54 Å². The quantitative estimate of drug-likeness (QED) is 0.891. The SMILES string of the molecule is CCN(CC1CCCNC1)C(=O)c1cc(C)nn1CC. The van der Waals surface area contributed by atoms with Crippen molar-refractivity contribution in [3.63, 3.8) is 0 Å². The molecule has 1 aromatic rings. The molecule has 5 nitrogen and oxygen atoms in total. The van der Waals surface area contributed by atoms with Gasteiger partial charge in [-0.1, -0.05) is 0 Å². The maximum Gasteiger partial charge on any atom is 0.272 e. The molecule has 1 N–H and O–H groups in total. The molecular weight excluding hydrogens is 252 g/mol. The maximum absolute atomic E-state index is 12.7. The van der Waals surface area contributed by atoms with Gasteiger partial charge in [0.15, 0.2) is 0 Å². The van der Waals surface area contributed by atoms with Gasteiger partial charge in [0.1, 0.15) is 5.69 Å². The number of rotatable bonds is 5. The summed E-state index contributed by atoms with van der Waals surface area (Å²) >= 11 is 0. The molecule has 1 unspecified atom stereocenters. The molecule has 0 bridgehead atoms. The van der Waals surface area contributed by atoms with E-state index in [1.165, 1.54) is 12.8 Å². The fourth-order valence-electron chi connectivity index (χ4n) is 2.87. The van der Waals surface area contributed by atoms with E-state index in [2.05, 4.69) is 10.4 Å². The molecule has 0 aliphatic carbocycles. The summed E-state index contributed by atoms with van der Waals surface area (Å²) in [5.41, 5.74) is 1.63. The highest BCUT2D eigenvalue weighted by Crippen LogP contribution is 2.14. The second-order valence-corrected chi connectivity index (χ2v) is 5.54. The van der Waals surface area contributed by atoms with Crippen molar-refractivity contribution in [2.75, 3.05) is 26.2 Å². The van der Waals surface area contributed by atoms with Crippen LogP contribution in [0.2, 0.25) is 0 Å². The van der Waals surface area contributed by atoms with Gasteiger partial charge < -0.3 is 10.2 Å². The number of aromatic nitrogens is 2. The fraction of sp³-hybridized carbons (Fsp3) is 0.733. The van der Waals surface area contributed by atoms with Crippen molar-refractivity contribution < 1.29 is 4.79 Å². The third-order valence-corrected chi connectivity index (χ3v) is 3.97. The van der Waals surface area contributed by atoms with Crippen LogP contribution in [0.15, 0.2) is 6.07 Å². The van der Waals surface area contributed by atoms with E-state index >= 15 is 0 Å². The van der Waals surface area contributed by atoms with E-state index < -0.39 is 0 Å². The largest absolute Gasteiger partial charge is 0.337 e. The summed E-state index contributed by atoms with van der Waals surface area (Å²) < 4.78 is 1.81. The van der Waals surface area contributed by atoms with Gasteiger partial charge in [0.2, 0.25) is 0 Å². The van der Waals surface area contributed by atoms with Crippen molar-refractivity contribution in [1.29, 1.82) is 0 Å². The van der Waals surface area contributed by atoms with Crippen molar-refractivity contribution >= 4 is 5.91 Å². The molecule has 2 rings (SSSR count). The molecule has 1 aliphatic heterocycles.